The van der Waals surface area contributed by atoms with E-state index in [9.17, 15) is 0 Å². The number of hydrogen-bond donors (Lipinski definition) is 0. The Hall–Kier alpha value is -1.22. The molecular weight excluding hydrogens is 224 g/mol. The number of fused-ring (bicyclic) bond motifs is 1. The summed E-state index contributed by atoms with van der Waals surface area (Å²) in [5, 5.41) is 0. The summed E-state index contributed by atoms with van der Waals surface area (Å²) in [5.74, 6) is 1.01. The molecule has 4 heteroatoms. The first-order chi connectivity index (χ1) is 7.28. The van der Waals surface area contributed by atoms with Crippen molar-refractivity contribution >= 4 is 18.7 Å². The highest BCUT2D eigenvalue weighted by molar-refractivity contribution is 5.85. The highest BCUT2D eigenvalue weighted by Crippen LogP contribution is 2.36. The van der Waals surface area contributed by atoms with E-state index in [-0.39, 0.29) is 18.1 Å². The zero-order chi connectivity index (χ0) is 10.3. The van der Waals surface area contributed by atoms with Gasteiger partial charge in [0.15, 0.2) is 5.72 Å². The highest BCUT2D eigenvalue weighted by atomic mass is 35.5. The summed E-state index contributed by atoms with van der Waals surface area (Å²) in [6.07, 6.45) is 2.85. The van der Waals surface area contributed by atoms with Crippen LogP contribution in [0.4, 0.5) is 0 Å². The number of nitrogens with zero attached hydrogens (tertiary/aromatic N) is 2. The lowest BCUT2D eigenvalue weighted by Gasteiger charge is -2.33. The molecule has 1 unspecified atom stereocenters. The van der Waals surface area contributed by atoms with Gasteiger partial charge < -0.3 is 9.64 Å². The molecule has 2 aliphatic heterocycles. The van der Waals surface area contributed by atoms with Gasteiger partial charge in [-0.15, -0.1) is 12.4 Å². The number of para-hydroxylation sites is 1. The third-order valence-corrected chi connectivity index (χ3v) is 3.12. The largest absolute Gasteiger partial charge is 0.468 e. The molecule has 1 aromatic rings. The van der Waals surface area contributed by atoms with Gasteiger partial charge in [0.1, 0.15) is 5.75 Å². The molecule has 86 valence electrons. The van der Waals surface area contributed by atoms with Gasteiger partial charge in [0.2, 0.25) is 0 Å². The Morgan fingerprint density at radius 3 is 2.88 bits per heavy atom. The summed E-state index contributed by atoms with van der Waals surface area (Å²) in [7, 11) is 0. The van der Waals surface area contributed by atoms with Crippen molar-refractivity contribution < 1.29 is 4.74 Å². The van der Waals surface area contributed by atoms with Crippen LogP contribution in [0.25, 0.3) is 0 Å². The number of rotatable bonds is 1. The van der Waals surface area contributed by atoms with Gasteiger partial charge in [0, 0.05) is 18.5 Å². The predicted octanol–water partition coefficient (Wildman–Crippen LogP) is 2.10. The predicted molar refractivity (Wildman–Crippen MR) is 66.5 cm³/mol. The molecule has 0 spiro atoms. The Balaban J connectivity index is 0.000000963. The van der Waals surface area contributed by atoms with Crippen LogP contribution in [0, 0.1) is 0 Å². The highest BCUT2D eigenvalue weighted by Gasteiger charge is 2.39. The molecule has 0 bridgehead atoms. The van der Waals surface area contributed by atoms with E-state index in [0.717, 1.165) is 25.3 Å². The molecule has 0 saturated carbocycles. The van der Waals surface area contributed by atoms with Gasteiger partial charge in [-0.05, 0) is 13.0 Å². The Bertz CT molecular complexity index is 394. The topological polar surface area (TPSA) is 24.8 Å². The maximum atomic E-state index is 6.01. The standard InChI is InChI=1S/C12H14N2O.ClH/c1-12(14-7-6-13-9-14)8-10-4-2-3-5-11(10)15-12;/h2-5,9H,6-8H2,1H3;1H. The summed E-state index contributed by atoms with van der Waals surface area (Å²) in [4.78, 5) is 6.43. The van der Waals surface area contributed by atoms with E-state index in [1.807, 2.05) is 18.5 Å². The molecule has 3 nitrogen and oxygen atoms in total. The normalized spacial score (nSPS) is 26.2. The van der Waals surface area contributed by atoms with Crippen molar-refractivity contribution in [1.82, 2.24) is 4.90 Å². The SMILES string of the molecule is CC1(N2C=NCC2)Cc2ccccc2O1.Cl. The third-order valence-electron chi connectivity index (χ3n) is 3.12. The van der Waals surface area contributed by atoms with Crippen LogP contribution in [0.3, 0.4) is 0 Å². The quantitative estimate of drug-likeness (QED) is 0.749. The van der Waals surface area contributed by atoms with Gasteiger partial charge >= 0.3 is 0 Å². The van der Waals surface area contributed by atoms with Crippen LogP contribution in [-0.4, -0.2) is 30.1 Å². The van der Waals surface area contributed by atoms with E-state index in [2.05, 4.69) is 28.9 Å². The fourth-order valence-corrected chi connectivity index (χ4v) is 2.27. The van der Waals surface area contributed by atoms with E-state index in [1.54, 1.807) is 0 Å². The van der Waals surface area contributed by atoms with Crippen LogP contribution in [-0.2, 0) is 6.42 Å². The molecule has 0 aromatic heterocycles. The Labute approximate surface area is 102 Å². The van der Waals surface area contributed by atoms with Crippen LogP contribution in [0.1, 0.15) is 12.5 Å². The Morgan fingerprint density at radius 1 is 1.38 bits per heavy atom. The van der Waals surface area contributed by atoms with Crippen LogP contribution < -0.4 is 4.74 Å². The van der Waals surface area contributed by atoms with Crippen molar-refractivity contribution in [2.24, 2.45) is 4.99 Å². The van der Waals surface area contributed by atoms with Gasteiger partial charge in [-0.2, -0.15) is 0 Å². The number of benzene rings is 1. The van der Waals surface area contributed by atoms with Crippen molar-refractivity contribution in [3.8, 4) is 5.75 Å². The van der Waals surface area contributed by atoms with Gasteiger partial charge in [-0.3, -0.25) is 4.99 Å². The zero-order valence-electron chi connectivity index (χ0n) is 9.22. The van der Waals surface area contributed by atoms with Crippen molar-refractivity contribution in [3.05, 3.63) is 29.8 Å². The Kier molecular flexibility index (Phi) is 2.80. The molecule has 16 heavy (non-hydrogen) atoms. The molecule has 0 radical (unpaired) electrons. The maximum Gasteiger partial charge on any atom is 0.185 e. The Morgan fingerprint density at radius 2 is 2.19 bits per heavy atom. The summed E-state index contributed by atoms with van der Waals surface area (Å²) in [5.41, 5.74) is 1.06. The first-order valence-electron chi connectivity index (χ1n) is 5.32. The fraction of sp³-hybridized carbons (Fsp3) is 0.417. The second-order valence-electron chi connectivity index (χ2n) is 4.28. The minimum absolute atomic E-state index is 0. The molecule has 1 atom stereocenters. The van der Waals surface area contributed by atoms with E-state index < -0.39 is 0 Å². The lowest BCUT2D eigenvalue weighted by molar-refractivity contribution is 0.00119. The van der Waals surface area contributed by atoms with Crippen LogP contribution in [0.2, 0.25) is 0 Å². The zero-order valence-corrected chi connectivity index (χ0v) is 10.0. The monoisotopic (exact) mass is 238 g/mol. The smallest absolute Gasteiger partial charge is 0.185 e. The molecule has 2 aliphatic rings. The van der Waals surface area contributed by atoms with Gasteiger partial charge in [-0.25, -0.2) is 0 Å². The number of aliphatic imine (C=N–C) groups is 1. The van der Waals surface area contributed by atoms with E-state index in [0.29, 0.717) is 0 Å². The summed E-state index contributed by atoms with van der Waals surface area (Å²) >= 11 is 0. The van der Waals surface area contributed by atoms with E-state index >= 15 is 0 Å². The first-order valence-corrected chi connectivity index (χ1v) is 5.32. The van der Waals surface area contributed by atoms with E-state index in [1.165, 1.54) is 5.56 Å². The van der Waals surface area contributed by atoms with Gasteiger partial charge in [0.25, 0.3) is 0 Å². The first kappa shape index (κ1) is 11.3. The van der Waals surface area contributed by atoms with Crippen LogP contribution >= 0.6 is 12.4 Å². The lowest BCUT2D eigenvalue weighted by atomic mass is 10.1. The molecule has 0 fully saturated rings. The molecule has 0 amide bonds. The van der Waals surface area contributed by atoms with Gasteiger partial charge in [-0.1, -0.05) is 18.2 Å². The molecule has 0 saturated heterocycles. The minimum Gasteiger partial charge on any atom is -0.468 e. The number of halogens is 1. The third kappa shape index (κ3) is 1.65. The molecule has 0 aliphatic carbocycles. The molecule has 1 aromatic carbocycles. The molecule has 3 rings (SSSR count). The maximum absolute atomic E-state index is 6.01. The van der Waals surface area contributed by atoms with Crippen LogP contribution in [0.5, 0.6) is 5.75 Å². The summed E-state index contributed by atoms with van der Waals surface area (Å²) in [6, 6.07) is 8.25. The summed E-state index contributed by atoms with van der Waals surface area (Å²) in [6.45, 7) is 3.98. The number of hydrogen-bond acceptors (Lipinski definition) is 3. The molecule has 0 N–H and O–H groups in total. The van der Waals surface area contributed by atoms with Crippen molar-refractivity contribution in [1.29, 1.82) is 0 Å². The average molecular weight is 239 g/mol. The second-order valence-corrected chi connectivity index (χ2v) is 4.28. The lowest BCUT2D eigenvalue weighted by Crippen LogP contribution is -2.48. The van der Waals surface area contributed by atoms with Gasteiger partial charge in [0.05, 0.1) is 12.9 Å². The number of ether oxygens (including phenoxy) is 1. The van der Waals surface area contributed by atoms with E-state index in [4.69, 9.17) is 4.74 Å². The molecular formula is C12H15ClN2O. The second kappa shape index (κ2) is 3.98. The van der Waals surface area contributed by atoms with Crippen molar-refractivity contribution in [2.45, 2.75) is 19.1 Å². The van der Waals surface area contributed by atoms with Crippen LogP contribution in [0.15, 0.2) is 29.3 Å². The molecule has 2 heterocycles. The van der Waals surface area contributed by atoms with Crippen molar-refractivity contribution in [2.75, 3.05) is 13.1 Å². The fourth-order valence-electron chi connectivity index (χ4n) is 2.27. The average Bonchev–Trinajstić information content (AvgIpc) is 2.83. The van der Waals surface area contributed by atoms with Crippen molar-refractivity contribution in [3.63, 3.8) is 0 Å². The summed E-state index contributed by atoms with van der Waals surface area (Å²) < 4.78 is 6.01. The minimum atomic E-state index is -0.232.